The fourth-order valence-electron chi connectivity index (χ4n) is 1.46. The number of nitro groups is 1. The van der Waals surface area contributed by atoms with Crippen LogP contribution < -0.4 is 5.32 Å². The van der Waals surface area contributed by atoms with Crippen molar-refractivity contribution >= 4 is 17.3 Å². The molecular formula is C12H8FN3O3. The number of aromatic nitrogens is 1. The lowest BCUT2D eigenvalue weighted by Crippen LogP contribution is -2.15. The van der Waals surface area contributed by atoms with Crippen molar-refractivity contribution < 1.29 is 14.1 Å². The minimum absolute atomic E-state index is 0.0311. The van der Waals surface area contributed by atoms with E-state index in [0.29, 0.717) is 0 Å². The molecule has 0 unspecified atom stereocenters. The summed E-state index contributed by atoms with van der Waals surface area (Å²) in [6.45, 7) is 0. The van der Waals surface area contributed by atoms with Crippen molar-refractivity contribution in [1.82, 2.24) is 4.98 Å². The van der Waals surface area contributed by atoms with Crippen LogP contribution in [0.4, 0.5) is 15.8 Å². The number of carbonyl (C=O) groups is 1. The van der Waals surface area contributed by atoms with E-state index in [4.69, 9.17) is 0 Å². The fraction of sp³-hybridized carbons (Fsp3) is 0. The maximum Gasteiger partial charge on any atom is 0.292 e. The van der Waals surface area contributed by atoms with E-state index in [0.717, 1.165) is 6.07 Å². The van der Waals surface area contributed by atoms with Gasteiger partial charge in [0.2, 0.25) is 5.95 Å². The van der Waals surface area contributed by atoms with Crippen LogP contribution in [-0.2, 0) is 0 Å². The van der Waals surface area contributed by atoms with Gasteiger partial charge in [0.15, 0.2) is 0 Å². The number of hydrogen-bond donors (Lipinski definition) is 1. The first-order valence-electron chi connectivity index (χ1n) is 5.25. The average molecular weight is 261 g/mol. The number of rotatable bonds is 3. The Labute approximate surface area is 107 Å². The third-order valence-electron chi connectivity index (χ3n) is 2.30. The highest BCUT2D eigenvalue weighted by Gasteiger charge is 2.16. The van der Waals surface area contributed by atoms with E-state index in [-0.39, 0.29) is 17.1 Å². The molecule has 0 atom stereocenters. The van der Waals surface area contributed by atoms with E-state index in [1.807, 2.05) is 0 Å². The molecule has 7 heteroatoms. The number of anilines is 1. The van der Waals surface area contributed by atoms with Gasteiger partial charge in [-0.3, -0.25) is 14.9 Å². The Balaban J connectivity index is 2.27. The minimum Gasteiger partial charge on any atom is -0.315 e. The Kier molecular flexibility index (Phi) is 3.46. The Morgan fingerprint density at radius 1 is 1.21 bits per heavy atom. The van der Waals surface area contributed by atoms with Crippen molar-refractivity contribution in [2.45, 2.75) is 0 Å². The molecule has 0 saturated heterocycles. The van der Waals surface area contributed by atoms with Gasteiger partial charge in [-0.05, 0) is 18.2 Å². The maximum absolute atomic E-state index is 12.9. The number of nitrogens with one attached hydrogen (secondary N) is 1. The standard InChI is InChI=1S/C12H8FN3O3/c13-11-7-3-5-9(14-11)12(17)15-8-4-1-2-6-10(8)16(18)19/h1-7H,(H,15,17). The number of pyridine rings is 1. The third kappa shape index (κ3) is 2.89. The number of nitro benzene ring substituents is 1. The van der Waals surface area contributed by atoms with Gasteiger partial charge in [0.05, 0.1) is 4.92 Å². The van der Waals surface area contributed by atoms with Crippen LogP contribution in [0.2, 0.25) is 0 Å². The van der Waals surface area contributed by atoms with Crippen molar-refractivity contribution in [1.29, 1.82) is 0 Å². The number of halogens is 1. The molecule has 0 spiro atoms. The molecule has 0 aliphatic heterocycles. The molecule has 0 fully saturated rings. The van der Waals surface area contributed by atoms with E-state index in [1.165, 1.54) is 30.3 Å². The predicted molar refractivity (Wildman–Crippen MR) is 65.2 cm³/mol. The number of benzene rings is 1. The lowest BCUT2D eigenvalue weighted by atomic mass is 10.2. The van der Waals surface area contributed by atoms with Crippen molar-refractivity contribution in [2.24, 2.45) is 0 Å². The summed E-state index contributed by atoms with van der Waals surface area (Å²) in [5.74, 6) is -1.51. The number of amides is 1. The first kappa shape index (κ1) is 12.6. The van der Waals surface area contributed by atoms with Gasteiger partial charge in [0.25, 0.3) is 11.6 Å². The maximum atomic E-state index is 12.9. The fourth-order valence-corrected chi connectivity index (χ4v) is 1.46. The normalized spacial score (nSPS) is 9.95. The molecule has 96 valence electrons. The van der Waals surface area contributed by atoms with Crippen LogP contribution in [0.5, 0.6) is 0 Å². The van der Waals surface area contributed by atoms with Crippen molar-refractivity contribution in [2.75, 3.05) is 5.32 Å². The molecule has 1 N–H and O–H groups in total. The number of para-hydroxylation sites is 2. The van der Waals surface area contributed by atoms with E-state index in [9.17, 15) is 19.3 Å². The zero-order valence-corrected chi connectivity index (χ0v) is 9.54. The van der Waals surface area contributed by atoms with Gasteiger partial charge in [-0.1, -0.05) is 18.2 Å². The monoisotopic (exact) mass is 261 g/mol. The molecule has 0 saturated carbocycles. The van der Waals surface area contributed by atoms with E-state index in [1.54, 1.807) is 6.07 Å². The molecule has 0 bridgehead atoms. The summed E-state index contributed by atoms with van der Waals surface area (Å²) in [4.78, 5) is 25.3. The van der Waals surface area contributed by atoms with Crippen LogP contribution in [0.15, 0.2) is 42.5 Å². The molecule has 0 aliphatic carbocycles. The second-order valence-electron chi connectivity index (χ2n) is 3.57. The molecule has 1 aromatic carbocycles. The summed E-state index contributed by atoms with van der Waals surface area (Å²) < 4.78 is 12.9. The van der Waals surface area contributed by atoms with Gasteiger partial charge in [-0.15, -0.1) is 0 Å². The van der Waals surface area contributed by atoms with Gasteiger partial charge < -0.3 is 5.32 Å². The van der Waals surface area contributed by atoms with Gasteiger partial charge in [-0.2, -0.15) is 4.39 Å². The highest BCUT2D eigenvalue weighted by atomic mass is 19.1. The Hall–Kier alpha value is -2.83. The molecule has 0 radical (unpaired) electrons. The SMILES string of the molecule is O=C(Nc1ccccc1[N+](=O)[O-])c1cccc(F)n1. The third-order valence-corrected chi connectivity index (χ3v) is 2.30. The minimum atomic E-state index is -0.796. The Morgan fingerprint density at radius 3 is 2.63 bits per heavy atom. The van der Waals surface area contributed by atoms with Crippen LogP contribution >= 0.6 is 0 Å². The van der Waals surface area contributed by atoms with Gasteiger partial charge >= 0.3 is 0 Å². The van der Waals surface area contributed by atoms with Crippen LogP contribution in [0.1, 0.15) is 10.5 Å². The van der Waals surface area contributed by atoms with E-state index < -0.39 is 16.8 Å². The smallest absolute Gasteiger partial charge is 0.292 e. The van der Waals surface area contributed by atoms with Gasteiger partial charge in [0.1, 0.15) is 11.4 Å². The van der Waals surface area contributed by atoms with Crippen LogP contribution in [0.3, 0.4) is 0 Å². The summed E-state index contributed by atoms with van der Waals surface area (Å²) >= 11 is 0. The summed E-state index contributed by atoms with van der Waals surface area (Å²) in [5, 5.41) is 13.1. The summed E-state index contributed by atoms with van der Waals surface area (Å²) in [7, 11) is 0. The largest absolute Gasteiger partial charge is 0.315 e. The highest BCUT2D eigenvalue weighted by molar-refractivity contribution is 6.04. The van der Waals surface area contributed by atoms with Gasteiger partial charge in [0, 0.05) is 6.07 Å². The second kappa shape index (κ2) is 5.21. The molecule has 1 amide bonds. The predicted octanol–water partition coefficient (Wildman–Crippen LogP) is 2.38. The number of nitrogens with zero attached hydrogens (tertiary/aromatic N) is 2. The number of hydrogen-bond acceptors (Lipinski definition) is 4. The molecule has 6 nitrogen and oxygen atoms in total. The Morgan fingerprint density at radius 2 is 1.95 bits per heavy atom. The molecule has 2 aromatic rings. The molecule has 1 aromatic heterocycles. The topological polar surface area (TPSA) is 85.1 Å². The molecule has 0 aliphatic rings. The number of carbonyl (C=O) groups excluding carboxylic acids is 1. The molecular weight excluding hydrogens is 253 g/mol. The molecule has 2 rings (SSSR count). The van der Waals surface area contributed by atoms with E-state index in [2.05, 4.69) is 10.3 Å². The second-order valence-corrected chi connectivity index (χ2v) is 3.57. The Bertz CT molecular complexity index is 646. The van der Waals surface area contributed by atoms with Crippen LogP contribution in [-0.4, -0.2) is 15.8 Å². The highest BCUT2D eigenvalue weighted by Crippen LogP contribution is 2.23. The van der Waals surface area contributed by atoms with E-state index >= 15 is 0 Å². The first-order valence-corrected chi connectivity index (χ1v) is 5.25. The summed E-state index contributed by atoms with van der Waals surface area (Å²) in [6.07, 6.45) is 0. The van der Waals surface area contributed by atoms with Crippen molar-refractivity contribution in [3.8, 4) is 0 Å². The van der Waals surface area contributed by atoms with Crippen LogP contribution in [0.25, 0.3) is 0 Å². The van der Waals surface area contributed by atoms with Crippen molar-refractivity contribution in [3.05, 3.63) is 64.2 Å². The lowest BCUT2D eigenvalue weighted by molar-refractivity contribution is -0.383. The molecule has 19 heavy (non-hydrogen) atoms. The average Bonchev–Trinajstić information content (AvgIpc) is 2.39. The zero-order chi connectivity index (χ0) is 13.8. The quantitative estimate of drug-likeness (QED) is 0.522. The van der Waals surface area contributed by atoms with Crippen molar-refractivity contribution in [3.63, 3.8) is 0 Å². The van der Waals surface area contributed by atoms with Crippen LogP contribution in [0, 0.1) is 16.1 Å². The lowest BCUT2D eigenvalue weighted by Gasteiger charge is -2.05. The summed E-state index contributed by atoms with van der Waals surface area (Å²) in [6, 6.07) is 9.41. The first-order chi connectivity index (χ1) is 9.08. The molecule has 1 heterocycles. The van der Waals surface area contributed by atoms with Gasteiger partial charge in [-0.25, -0.2) is 4.98 Å². The summed E-state index contributed by atoms with van der Waals surface area (Å²) in [5.41, 5.74) is -0.367. The zero-order valence-electron chi connectivity index (χ0n) is 9.54.